The minimum Gasteiger partial charge on any atom is -0.493 e. The fourth-order valence-corrected chi connectivity index (χ4v) is 3.13. The van der Waals surface area contributed by atoms with Gasteiger partial charge in [0.1, 0.15) is 5.75 Å². The molecule has 0 fully saturated rings. The monoisotopic (exact) mass is 369 g/mol. The number of aryl methyl sites for hydroxylation is 1. The van der Waals surface area contributed by atoms with Crippen molar-refractivity contribution in [2.24, 2.45) is 0 Å². The average Bonchev–Trinajstić information content (AvgIpc) is 3.11. The number of nitrogens with zero attached hydrogens (tertiary/aromatic N) is 5. The Balaban J connectivity index is 1.51. The second-order valence-electron chi connectivity index (χ2n) is 6.44. The van der Waals surface area contributed by atoms with Gasteiger partial charge < -0.3 is 9.84 Å². The number of ether oxygens (including phenoxy) is 1. The lowest BCUT2D eigenvalue weighted by molar-refractivity contribution is 0.412. The molecular formula is C21H15N5O2. The quantitative estimate of drug-likeness (QED) is 0.514. The zero-order chi connectivity index (χ0) is 19.1. The summed E-state index contributed by atoms with van der Waals surface area (Å²) in [6.07, 6.45) is 4.91. The lowest BCUT2D eigenvalue weighted by Crippen LogP contribution is -1.96. The minimum absolute atomic E-state index is 0.0587. The van der Waals surface area contributed by atoms with Crippen LogP contribution in [0.1, 0.15) is 5.56 Å². The smallest absolute Gasteiger partial charge is 0.325 e. The predicted molar refractivity (Wildman–Crippen MR) is 105 cm³/mol. The van der Waals surface area contributed by atoms with Crippen molar-refractivity contribution >= 4 is 21.8 Å². The van der Waals surface area contributed by atoms with Crippen LogP contribution in [0.2, 0.25) is 0 Å². The van der Waals surface area contributed by atoms with E-state index in [0.29, 0.717) is 16.7 Å². The summed E-state index contributed by atoms with van der Waals surface area (Å²) >= 11 is 0. The van der Waals surface area contributed by atoms with Gasteiger partial charge in [-0.05, 0) is 48.9 Å². The summed E-state index contributed by atoms with van der Waals surface area (Å²) in [7, 11) is 0. The van der Waals surface area contributed by atoms with E-state index in [1.54, 1.807) is 24.7 Å². The van der Waals surface area contributed by atoms with Crippen molar-refractivity contribution in [1.29, 1.82) is 0 Å². The molecule has 0 atom stereocenters. The number of aromatic hydroxyl groups is 1. The SMILES string of the molecule is Cc1cccc(-n2ncc3cc(Oc4nc(O)c5ccncc5n4)ccc32)c1. The van der Waals surface area contributed by atoms with E-state index in [1.165, 1.54) is 5.56 Å². The first-order valence-corrected chi connectivity index (χ1v) is 8.71. The molecule has 7 nitrogen and oxygen atoms in total. The maximum absolute atomic E-state index is 10.1. The Bertz CT molecular complexity index is 1330. The van der Waals surface area contributed by atoms with Crippen molar-refractivity contribution in [3.8, 4) is 23.3 Å². The molecule has 136 valence electrons. The Morgan fingerprint density at radius 3 is 2.82 bits per heavy atom. The van der Waals surface area contributed by atoms with Crippen molar-refractivity contribution in [1.82, 2.24) is 24.7 Å². The highest BCUT2D eigenvalue weighted by molar-refractivity contribution is 5.83. The van der Waals surface area contributed by atoms with Crippen LogP contribution in [-0.2, 0) is 0 Å². The largest absolute Gasteiger partial charge is 0.493 e. The van der Waals surface area contributed by atoms with Crippen LogP contribution >= 0.6 is 0 Å². The van der Waals surface area contributed by atoms with E-state index in [4.69, 9.17) is 4.74 Å². The molecule has 1 N–H and O–H groups in total. The predicted octanol–water partition coefficient (Wildman–Crippen LogP) is 4.17. The summed E-state index contributed by atoms with van der Waals surface area (Å²) in [5.74, 6) is 0.412. The second kappa shape index (κ2) is 6.31. The lowest BCUT2D eigenvalue weighted by atomic mass is 10.2. The second-order valence-corrected chi connectivity index (χ2v) is 6.44. The molecule has 0 spiro atoms. The van der Waals surface area contributed by atoms with Gasteiger partial charge in [-0.15, -0.1) is 0 Å². The first-order chi connectivity index (χ1) is 13.7. The lowest BCUT2D eigenvalue weighted by Gasteiger charge is -2.07. The van der Waals surface area contributed by atoms with Gasteiger partial charge in [-0.2, -0.15) is 15.1 Å². The fourth-order valence-electron chi connectivity index (χ4n) is 3.13. The molecular weight excluding hydrogens is 354 g/mol. The zero-order valence-corrected chi connectivity index (χ0v) is 14.9. The number of benzene rings is 2. The van der Waals surface area contributed by atoms with Gasteiger partial charge in [0.25, 0.3) is 0 Å². The third-order valence-corrected chi connectivity index (χ3v) is 4.45. The zero-order valence-electron chi connectivity index (χ0n) is 14.9. The molecule has 0 bridgehead atoms. The van der Waals surface area contributed by atoms with Gasteiger partial charge in [0.2, 0.25) is 5.88 Å². The van der Waals surface area contributed by atoms with E-state index in [2.05, 4.69) is 39.1 Å². The Labute approximate surface area is 159 Å². The molecule has 0 radical (unpaired) electrons. The van der Waals surface area contributed by atoms with Crippen molar-refractivity contribution in [3.63, 3.8) is 0 Å². The van der Waals surface area contributed by atoms with E-state index >= 15 is 0 Å². The van der Waals surface area contributed by atoms with E-state index < -0.39 is 0 Å². The van der Waals surface area contributed by atoms with Crippen LogP contribution in [0, 0.1) is 6.92 Å². The third-order valence-electron chi connectivity index (χ3n) is 4.45. The van der Waals surface area contributed by atoms with E-state index in [1.807, 2.05) is 35.0 Å². The van der Waals surface area contributed by atoms with Crippen LogP contribution in [0.15, 0.2) is 67.1 Å². The highest BCUT2D eigenvalue weighted by atomic mass is 16.5. The van der Waals surface area contributed by atoms with Crippen molar-refractivity contribution < 1.29 is 9.84 Å². The van der Waals surface area contributed by atoms with Gasteiger partial charge in [-0.1, -0.05) is 12.1 Å². The highest BCUT2D eigenvalue weighted by Crippen LogP contribution is 2.28. The molecule has 0 aliphatic carbocycles. The normalized spacial score (nSPS) is 11.2. The molecule has 0 saturated heterocycles. The van der Waals surface area contributed by atoms with Crippen molar-refractivity contribution in [3.05, 3.63) is 72.7 Å². The van der Waals surface area contributed by atoms with Crippen LogP contribution in [-0.4, -0.2) is 29.8 Å². The van der Waals surface area contributed by atoms with E-state index in [9.17, 15) is 5.11 Å². The van der Waals surface area contributed by atoms with Gasteiger partial charge in [0.05, 0.1) is 34.5 Å². The molecule has 0 amide bonds. The summed E-state index contributed by atoms with van der Waals surface area (Å²) in [6.45, 7) is 2.05. The van der Waals surface area contributed by atoms with Gasteiger partial charge in [-0.25, -0.2) is 4.68 Å². The third kappa shape index (κ3) is 2.79. The van der Waals surface area contributed by atoms with Crippen molar-refractivity contribution in [2.75, 3.05) is 0 Å². The first-order valence-electron chi connectivity index (χ1n) is 8.71. The Kier molecular flexibility index (Phi) is 3.65. The highest BCUT2D eigenvalue weighted by Gasteiger charge is 2.11. The number of hydrogen-bond donors (Lipinski definition) is 1. The summed E-state index contributed by atoms with van der Waals surface area (Å²) in [5, 5.41) is 16.0. The van der Waals surface area contributed by atoms with Crippen LogP contribution in [0.5, 0.6) is 17.6 Å². The van der Waals surface area contributed by atoms with Crippen LogP contribution < -0.4 is 4.74 Å². The molecule has 0 aliphatic heterocycles. The van der Waals surface area contributed by atoms with Crippen molar-refractivity contribution in [2.45, 2.75) is 6.92 Å². The topological polar surface area (TPSA) is 86.0 Å². The maximum atomic E-state index is 10.1. The Morgan fingerprint density at radius 2 is 1.93 bits per heavy atom. The summed E-state index contributed by atoms with van der Waals surface area (Å²) in [5.41, 5.74) is 3.64. The number of pyridine rings is 1. The Morgan fingerprint density at radius 1 is 1.00 bits per heavy atom. The molecule has 28 heavy (non-hydrogen) atoms. The summed E-state index contributed by atoms with van der Waals surface area (Å²) < 4.78 is 7.65. The molecule has 7 heteroatoms. The molecule has 0 aliphatic rings. The van der Waals surface area contributed by atoms with E-state index in [0.717, 1.165) is 16.6 Å². The number of rotatable bonds is 3. The van der Waals surface area contributed by atoms with Gasteiger partial charge in [-0.3, -0.25) is 4.98 Å². The fraction of sp³-hybridized carbons (Fsp3) is 0.0476. The van der Waals surface area contributed by atoms with Crippen LogP contribution in [0.3, 0.4) is 0 Å². The van der Waals surface area contributed by atoms with Crippen LogP contribution in [0.4, 0.5) is 0 Å². The standard InChI is InChI=1S/C21H15N5O2/c1-13-3-2-4-15(9-13)26-19-6-5-16(10-14(19)11-23-26)28-21-24-18-12-22-8-7-17(18)20(27)25-21/h2-12H,1H3,(H,24,25,27). The van der Waals surface area contributed by atoms with Gasteiger partial charge in [0.15, 0.2) is 0 Å². The van der Waals surface area contributed by atoms with Gasteiger partial charge in [0, 0.05) is 11.6 Å². The average molecular weight is 369 g/mol. The molecule has 3 heterocycles. The molecule has 3 aromatic heterocycles. The molecule has 0 unspecified atom stereocenters. The molecule has 5 rings (SSSR count). The number of aromatic nitrogens is 5. The number of fused-ring (bicyclic) bond motifs is 2. The summed E-state index contributed by atoms with van der Waals surface area (Å²) in [6, 6.07) is 15.5. The molecule has 2 aromatic carbocycles. The number of hydrogen-bond acceptors (Lipinski definition) is 6. The van der Waals surface area contributed by atoms with Crippen LogP contribution in [0.25, 0.3) is 27.5 Å². The first kappa shape index (κ1) is 16.2. The Hall–Kier alpha value is -4.00. The molecule has 5 aromatic rings. The maximum Gasteiger partial charge on any atom is 0.325 e. The minimum atomic E-state index is -0.143. The van der Waals surface area contributed by atoms with Gasteiger partial charge >= 0.3 is 6.01 Å². The van der Waals surface area contributed by atoms with E-state index in [-0.39, 0.29) is 11.9 Å². The summed E-state index contributed by atoms with van der Waals surface area (Å²) in [4.78, 5) is 12.3. The molecule has 0 saturated carbocycles.